The molecule has 3 N–H and O–H groups in total. The molecule has 4 heterocycles. The van der Waals surface area contributed by atoms with Crippen molar-refractivity contribution in [3.8, 4) is 0 Å². The standard InChI is InChI=1S/C30H41N7O2S/c1-5-33-27-11-22(30(17-39-18-30)13-26(32)35(3)19-31)12-28(34-27)37-16-24-23(29(37)38)9-21(10-25(24)40-4)15-36-8-6-7-20(2)14-36/h9-12,19-20,31-32H,5-8,13-18H2,1-4H3,(H,33,34)/t20-/m0/s1. The zero-order valence-electron chi connectivity index (χ0n) is 24.0. The summed E-state index contributed by atoms with van der Waals surface area (Å²) in [5.41, 5.74) is 3.65. The molecular weight excluding hydrogens is 522 g/mol. The molecule has 0 radical (unpaired) electrons. The Labute approximate surface area is 241 Å². The van der Waals surface area contributed by atoms with Crippen LogP contribution in [0.2, 0.25) is 0 Å². The maximum Gasteiger partial charge on any atom is 0.260 e. The van der Waals surface area contributed by atoms with Crippen molar-refractivity contribution < 1.29 is 9.53 Å². The molecule has 2 fully saturated rings. The Morgan fingerprint density at radius 2 is 2.12 bits per heavy atom. The van der Waals surface area contributed by atoms with E-state index >= 15 is 0 Å². The molecule has 0 unspecified atom stereocenters. The van der Waals surface area contributed by atoms with Crippen molar-refractivity contribution >= 4 is 41.5 Å². The van der Waals surface area contributed by atoms with E-state index in [2.05, 4.69) is 35.5 Å². The molecule has 3 aliphatic rings. The summed E-state index contributed by atoms with van der Waals surface area (Å²) < 4.78 is 5.66. The summed E-state index contributed by atoms with van der Waals surface area (Å²) in [5.74, 6) is 2.38. The molecule has 0 bridgehead atoms. The van der Waals surface area contributed by atoms with Gasteiger partial charge in [0.05, 0.1) is 26.1 Å². The fraction of sp³-hybridized carbons (Fsp3) is 0.533. The van der Waals surface area contributed by atoms with Gasteiger partial charge in [-0.1, -0.05) is 6.92 Å². The molecule has 0 spiro atoms. The number of ether oxygens (including phenoxy) is 1. The van der Waals surface area contributed by atoms with Gasteiger partial charge in [-0.3, -0.25) is 25.4 Å². The molecule has 1 aromatic heterocycles. The number of fused-ring (bicyclic) bond motifs is 1. The first kappa shape index (κ1) is 28.6. The molecule has 1 atom stereocenters. The van der Waals surface area contributed by atoms with Gasteiger partial charge in [-0.15, -0.1) is 11.8 Å². The number of likely N-dealkylation sites (tertiary alicyclic amines) is 1. The van der Waals surface area contributed by atoms with Crippen molar-refractivity contribution in [1.82, 2.24) is 14.8 Å². The van der Waals surface area contributed by atoms with E-state index in [4.69, 9.17) is 20.5 Å². The summed E-state index contributed by atoms with van der Waals surface area (Å²) >= 11 is 1.70. The van der Waals surface area contributed by atoms with Crippen molar-refractivity contribution in [3.63, 3.8) is 0 Å². The summed E-state index contributed by atoms with van der Waals surface area (Å²) in [4.78, 5) is 25.8. The minimum Gasteiger partial charge on any atom is -0.379 e. The van der Waals surface area contributed by atoms with Gasteiger partial charge >= 0.3 is 0 Å². The quantitative estimate of drug-likeness (QED) is 0.216. The topological polar surface area (TPSA) is 109 Å². The minimum atomic E-state index is -0.394. The van der Waals surface area contributed by atoms with E-state index in [1.54, 1.807) is 23.7 Å². The molecule has 10 heteroatoms. The highest BCUT2D eigenvalue weighted by atomic mass is 32.2. The lowest BCUT2D eigenvalue weighted by Gasteiger charge is -2.43. The third-order valence-electron chi connectivity index (χ3n) is 8.37. The first-order valence-corrected chi connectivity index (χ1v) is 15.4. The molecular formula is C30H41N7O2S. The Hall–Kier alpha value is -2.95. The summed E-state index contributed by atoms with van der Waals surface area (Å²) in [6.07, 6.45) is 6.20. The first-order valence-electron chi connectivity index (χ1n) is 14.2. The highest BCUT2D eigenvalue weighted by Crippen LogP contribution is 2.41. The minimum absolute atomic E-state index is 0.0125. The van der Waals surface area contributed by atoms with Crippen LogP contribution in [-0.2, 0) is 23.2 Å². The third-order valence-corrected chi connectivity index (χ3v) is 9.17. The number of amidine groups is 1. The van der Waals surface area contributed by atoms with Crippen molar-refractivity contribution in [2.24, 2.45) is 5.92 Å². The van der Waals surface area contributed by atoms with E-state index in [1.165, 1.54) is 23.3 Å². The fourth-order valence-electron chi connectivity index (χ4n) is 6.05. The van der Waals surface area contributed by atoms with Crippen LogP contribution in [0.15, 0.2) is 29.2 Å². The smallest absolute Gasteiger partial charge is 0.260 e. The lowest BCUT2D eigenvalue weighted by molar-refractivity contribution is -0.0570. The van der Waals surface area contributed by atoms with Crippen molar-refractivity contribution in [2.45, 2.75) is 56.5 Å². The Balaban J connectivity index is 1.46. The average molecular weight is 564 g/mol. The molecule has 1 amide bonds. The lowest BCUT2D eigenvalue weighted by Crippen LogP contribution is -2.50. The number of benzene rings is 1. The van der Waals surface area contributed by atoms with E-state index in [0.717, 1.165) is 47.6 Å². The van der Waals surface area contributed by atoms with Gasteiger partial charge in [0.1, 0.15) is 17.5 Å². The molecule has 214 valence electrons. The molecule has 1 aromatic carbocycles. The number of carbonyl (C=O) groups is 1. The molecule has 2 saturated heterocycles. The number of hydrogen-bond donors (Lipinski definition) is 3. The van der Waals surface area contributed by atoms with Crippen LogP contribution < -0.4 is 10.2 Å². The second kappa shape index (κ2) is 11.9. The lowest BCUT2D eigenvalue weighted by atomic mass is 9.75. The third kappa shape index (κ3) is 5.62. The van der Waals surface area contributed by atoms with Crippen LogP contribution >= 0.6 is 11.8 Å². The SMILES string of the molecule is CCNc1cc(C2(CC(=N)N(C)C=N)COC2)cc(N2Cc3c(SC)cc(CN4CCC[C@H](C)C4)cc3C2=O)n1. The number of anilines is 2. The number of rotatable bonds is 10. The van der Waals surface area contributed by atoms with Gasteiger partial charge in [-0.05, 0) is 79.4 Å². The van der Waals surface area contributed by atoms with Gasteiger partial charge in [-0.25, -0.2) is 4.98 Å². The van der Waals surface area contributed by atoms with Gasteiger partial charge < -0.3 is 15.0 Å². The molecule has 5 rings (SSSR count). The van der Waals surface area contributed by atoms with Crippen LogP contribution in [0.25, 0.3) is 0 Å². The Morgan fingerprint density at radius 1 is 1.32 bits per heavy atom. The highest BCUT2D eigenvalue weighted by molar-refractivity contribution is 7.98. The van der Waals surface area contributed by atoms with Gasteiger partial charge in [0, 0.05) is 49.0 Å². The number of hydrogen-bond acceptors (Lipinski definition) is 8. The Kier molecular flexibility index (Phi) is 8.49. The average Bonchev–Trinajstić information content (AvgIpc) is 3.26. The number of pyridine rings is 1. The number of nitrogens with zero attached hydrogens (tertiary/aromatic N) is 4. The zero-order chi connectivity index (χ0) is 28.4. The highest BCUT2D eigenvalue weighted by Gasteiger charge is 2.43. The summed E-state index contributed by atoms with van der Waals surface area (Å²) in [5, 5.41) is 19.4. The maximum atomic E-state index is 13.9. The van der Waals surface area contributed by atoms with Gasteiger partial charge in [0.2, 0.25) is 0 Å². The second-order valence-electron chi connectivity index (χ2n) is 11.5. The van der Waals surface area contributed by atoms with E-state index in [0.29, 0.717) is 56.1 Å². The summed E-state index contributed by atoms with van der Waals surface area (Å²) in [7, 11) is 1.72. The summed E-state index contributed by atoms with van der Waals surface area (Å²) in [6, 6.07) is 8.38. The number of piperidine rings is 1. The van der Waals surface area contributed by atoms with E-state index < -0.39 is 5.41 Å². The van der Waals surface area contributed by atoms with Crippen LogP contribution in [0.5, 0.6) is 0 Å². The predicted molar refractivity (Wildman–Crippen MR) is 162 cm³/mol. The van der Waals surface area contributed by atoms with Gasteiger partial charge in [-0.2, -0.15) is 0 Å². The van der Waals surface area contributed by atoms with E-state index in [-0.39, 0.29) is 5.91 Å². The Bertz CT molecular complexity index is 1300. The van der Waals surface area contributed by atoms with Crippen LogP contribution in [-0.4, -0.2) is 79.0 Å². The van der Waals surface area contributed by atoms with E-state index in [1.807, 2.05) is 19.1 Å². The van der Waals surface area contributed by atoms with Crippen LogP contribution in [0.1, 0.15) is 60.2 Å². The molecule has 0 saturated carbocycles. The van der Waals surface area contributed by atoms with E-state index in [9.17, 15) is 4.79 Å². The molecule has 0 aliphatic carbocycles. The number of thioether (sulfide) groups is 1. The Morgan fingerprint density at radius 3 is 2.77 bits per heavy atom. The number of nitrogens with one attached hydrogen (secondary N) is 3. The molecule has 9 nitrogen and oxygen atoms in total. The van der Waals surface area contributed by atoms with Gasteiger partial charge in [0.25, 0.3) is 5.91 Å². The van der Waals surface area contributed by atoms with Gasteiger partial charge in [0.15, 0.2) is 0 Å². The molecule has 2 aromatic rings. The number of amides is 1. The predicted octanol–water partition coefficient (Wildman–Crippen LogP) is 4.80. The van der Waals surface area contributed by atoms with Crippen molar-refractivity contribution in [3.05, 3.63) is 46.5 Å². The second-order valence-corrected chi connectivity index (χ2v) is 12.3. The largest absolute Gasteiger partial charge is 0.379 e. The normalized spacial score (nSPS) is 20.1. The van der Waals surface area contributed by atoms with Crippen molar-refractivity contribution in [2.75, 3.05) is 56.4 Å². The molecule has 3 aliphatic heterocycles. The first-order chi connectivity index (χ1) is 19.3. The molecule has 40 heavy (non-hydrogen) atoms. The van der Waals surface area contributed by atoms with Crippen LogP contribution in [0.3, 0.4) is 0 Å². The van der Waals surface area contributed by atoms with Crippen LogP contribution in [0.4, 0.5) is 11.6 Å². The number of aromatic nitrogens is 1. The number of carbonyl (C=O) groups excluding carboxylic acids is 1. The van der Waals surface area contributed by atoms with Crippen molar-refractivity contribution in [1.29, 1.82) is 10.8 Å². The zero-order valence-corrected chi connectivity index (χ0v) is 24.9. The summed E-state index contributed by atoms with van der Waals surface area (Å²) in [6.45, 7) is 9.60. The monoisotopic (exact) mass is 563 g/mol. The maximum absolute atomic E-state index is 13.9. The van der Waals surface area contributed by atoms with Crippen LogP contribution in [0, 0.1) is 16.7 Å². The fourth-order valence-corrected chi connectivity index (χ4v) is 6.74.